The predicted octanol–water partition coefficient (Wildman–Crippen LogP) is 1.19. The van der Waals surface area contributed by atoms with Gasteiger partial charge in [0, 0.05) is 36.8 Å². The summed E-state index contributed by atoms with van der Waals surface area (Å²) < 4.78 is 1.91. The summed E-state index contributed by atoms with van der Waals surface area (Å²) in [7, 11) is 0. The third-order valence-corrected chi connectivity index (χ3v) is 3.04. The minimum Gasteiger partial charge on any atom is -0.395 e. The van der Waals surface area contributed by atoms with Gasteiger partial charge in [-0.05, 0) is 13.8 Å². The average molecular weight is 253 g/mol. The summed E-state index contributed by atoms with van der Waals surface area (Å²) in [5.74, 6) is 0.00535. The lowest BCUT2D eigenvalue weighted by Crippen LogP contribution is -2.36. The lowest BCUT2D eigenvalue weighted by Gasteiger charge is -2.23. The fraction of sp³-hybridized carbons (Fsp3) is 0.692. The molecule has 1 aromatic heterocycles. The topological polar surface area (TPSA) is 58.4 Å². The smallest absolute Gasteiger partial charge is 0.225 e. The summed E-state index contributed by atoms with van der Waals surface area (Å²) in [5.41, 5.74) is 2.12. The predicted molar refractivity (Wildman–Crippen MR) is 70.0 cm³/mol. The Kier molecular flexibility index (Phi) is 5.34. The molecule has 0 atom stereocenters. The van der Waals surface area contributed by atoms with E-state index in [0.29, 0.717) is 13.1 Å². The van der Waals surface area contributed by atoms with E-state index in [4.69, 9.17) is 5.11 Å². The molecule has 0 aliphatic carbocycles. The van der Waals surface area contributed by atoms with Crippen LogP contribution in [0.3, 0.4) is 0 Å². The number of aliphatic hydroxyl groups excluding tert-OH is 1. The maximum absolute atomic E-state index is 12.0. The van der Waals surface area contributed by atoms with Gasteiger partial charge in [0.15, 0.2) is 0 Å². The van der Waals surface area contributed by atoms with Crippen LogP contribution in [0.5, 0.6) is 0 Å². The summed E-state index contributed by atoms with van der Waals surface area (Å²) in [6.45, 7) is 9.47. The number of amides is 1. The highest BCUT2D eigenvalue weighted by Crippen LogP contribution is 2.12. The minimum absolute atomic E-state index is 0.0145. The van der Waals surface area contributed by atoms with Crippen LogP contribution in [-0.4, -0.2) is 38.8 Å². The zero-order valence-corrected chi connectivity index (χ0v) is 11.7. The van der Waals surface area contributed by atoms with Gasteiger partial charge in [0.1, 0.15) is 0 Å². The summed E-state index contributed by atoms with van der Waals surface area (Å²) in [6, 6.07) is 0. The standard InChI is InChI=1S/C13H23N3O2/c1-5-16-11(4)12(8-14-16)9-15(6-7-17)13(18)10(2)3/h8,10,17H,5-7,9H2,1-4H3. The number of hydrogen-bond donors (Lipinski definition) is 1. The van der Waals surface area contributed by atoms with Crippen LogP contribution in [0, 0.1) is 12.8 Å². The molecular weight excluding hydrogens is 230 g/mol. The zero-order chi connectivity index (χ0) is 13.7. The molecule has 0 aliphatic rings. The van der Waals surface area contributed by atoms with Gasteiger partial charge in [-0.1, -0.05) is 13.8 Å². The first-order chi connectivity index (χ1) is 8.51. The third-order valence-electron chi connectivity index (χ3n) is 3.04. The van der Waals surface area contributed by atoms with Crippen molar-refractivity contribution in [2.75, 3.05) is 13.2 Å². The molecule has 0 saturated carbocycles. The van der Waals surface area contributed by atoms with Gasteiger partial charge in [-0.25, -0.2) is 0 Å². The number of carbonyl (C=O) groups is 1. The fourth-order valence-electron chi connectivity index (χ4n) is 1.92. The van der Waals surface area contributed by atoms with Crippen molar-refractivity contribution in [1.82, 2.24) is 14.7 Å². The van der Waals surface area contributed by atoms with E-state index >= 15 is 0 Å². The first-order valence-electron chi connectivity index (χ1n) is 6.42. The molecular formula is C13H23N3O2. The SMILES string of the molecule is CCn1ncc(CN(CCO)C(=O)C(C)C)c1C. The molecule has 5 heteroatoms. The monoisotopic (exact) mass is 253 g/mol. The molecule has 0 unspecified atom stereocenters. The Hall–Kier alpha value is -1.36. The van der Waals surface area contributed by atoms with Crippen LogP contribution >= 0.6 is 0 Å². The van der Waals surface area contributed by atoms with Gasteiger partial charge in [0.2, 0.25) is 5.91 Å². The number of carbonyl (C=O) groups excluding carboxylic acids is 1. The highest BCUT2D eigenvalue weighted by molar-refractivity contribution is 5.78. The van der Waals surface area contributed by atoms with E-state index < -0.39 is 0 Å². The fourth-order valence-corrected chi connectivity index (χ4v) is 1.92. The highest BCUT2D eigenvalue weighted by atomic mass is 16.3. The van der Waals surface area contributed by atoms with Crippen LogP contribution < -0.4 is 0 Å². The van der Waals surface area contributed by atoms with E-state index in [1.54, 1.807) is 11.1 Å². The Bertz CT molecular complexity index is 399. The van der Waals surface area contributed by atoms with Crippen LogP contribution in [0.2, 0.25) is 0 Å². The van der Waals surface area contributed by atoms with Crippen LogP contribution in [0.15, 0.2) is 6.20 Å². The normalized spacial score (nSPS) is 11.0. The van der Waals surface area contributed by atoms with Crippen LogP contribution in [0.4, 0.5) is 0 Å². The Morgan fingerprint density at radius 2 is 2.22 bits per heavy atom. The second-order valence-electron chi connectivity index (χ2n) is 4.71. The largest absolute Gasteiger partial charge is 0.395 e. The van der Waals surface area contributed by atoms with Crippen molar-refractivity contribution in [3.63, 3.8) is 0 Å². The lowest BCUT2D eigenvalue weighted by atomic mass is 10.1. The Morgan fingerprint density at radius 1 is 1.56 bits per heavy atom. The van der Waals surface area contributed by atoms with E-state index in [2.05, 4.69) is 5.10 Å². The molecule has 0 fully saturated rings. The summed E-state index contributed by atoms with van der Waals surface area (Å²) in [4.78, 5) is 13.7. The quantitative estimate of drug-likeness (QED) is 0.828. The van der Waals surface area contributed by atoms with E-state index in [9.17, 15) is 4.79 Å². The molecule has 5 nitrogen and oxygen atoms in total. The first-order valence-corrected chi connectivity index (χ1v) is 6.42. The molecule has 1 amide bonds. The molecule has 0 spiro atoms. The second kappa shape index (κ2) is 6.54. The van der Waals surface area contributed by atoms with Crippen molar-refractivity contribution in [1.29, 1.82) is 0 Å². The van der Waals surface area contributed by atoms with Crippen LogP contribution in [0.1, 0.15) is 32.0 Å². The number of aliphatic hydroxyl groups is 1. The Balaban J connectivity index is 2.82. The molecule has 0 aromatic carbocycles. The summed E-state index contributed by atoms with van der Waals surface area (Å²) in [6.07, 6.45) is 1.80. The Labute approximate surface area is 108 Å². The van der Waals surface area contributed by atoms with Crippen LogP contribution in [-0.2, 0) is 17.9 Å². The molecule has 0 saturated heterocycles. The van der Waals surface area contributed by atoms with Gasteiger partial charge in [0.05, 0.1) is 12.8 Å². The number of rotatable bonds is 6. The molecule has 18 heavy (non-hydrogen) atoms. The molecule has 1 heterocycles. The van der Waals surface area contributed by atoms with E-state index in [1.165, 1.54) is 0 Å². The maximum Gasteiger partial charge on any atom is 0.225 e. The van der Waals surface area contributed by atoms with Crippen molar-refractivity contribution in [2.45, 2.75) is 40.8 Å². The molecule has 1 N–H and O–H groups in total. The van der Waals surface area contributed by atoms with E-state index in [0.717, 1.165) is 17.8 Å². The maximum atomic E-state index is 12.0. The third kappa shape index (κ3) is 3.32. The van der Waals surface area contributed by atoms with Gasteiger partial charge in [-0.15, -0.1) is 0 Å². The van der Waals surface area contributed by atoms with Crippen molar-refractivity contribution < 1.29 is 9.90 Å². The minimum atomic E-state index is -0.0573. The van der Waals surface area contributed by atoms with Gasteiger partial charge in [0.25, 0.3) is 0 Å². The van der Waals surface area contributed by atoms with Gasteiger partial charge >= 0.3 is 0 Å². The number of aromatic nitrogens is 2. The first kappa shape index (κ1) is 14.7. The van der Waals surface area contributed by atoms with Crippen molar-refractivity contribution >= 4 is 5.91 Å². The van der Waals surface area contributed by atoms with E-state index in [1.807, 2.05) is 32.4 Å². The number of nitrogens with zero attached hydrogens (tertiary/aromatic N) is 3. The summed E-state index contributed by atoms with van der Waals surface area (Å²) >= 11 is 0. The molecule has 0 bridgehead atoms. The second-order valence-corrected chi connectivity index (χ2v) is 4.71. The molecule has 1 aromatic rings. The van der Waals surface area contributed by atoms with Crippen molar-refractivity contribution in [3.8, 4) is 0 Å². The molecule has 0 aliphatic heterocycles. The molecule has 0 radical (unpaired) electrons. The van der Waals surface area contributed by atoms with Crippen molar-refractivity contribution in [2.24, 2.45) is 5.92 Å². The number of aryl methyl sites for hydroxylation is 1. The highest BCUT2D eigenvalue weighted by Gasteiger charge is 2.18. The van der Waals surface area contributed by atoms with Gasteiger partial charge in [-0.3, -0.25) is 9.48 Å². The molecule has 102 valence electrons. The molecule has 1 rings (SSSR count). The summed E-state index contributed by atoms with van der Waals surface area (Å²) in [5, 5.41) is 13.3. The number of hydrogen-bond acceptors (Lipinski definition) is 3. The zero-order valence-electron chi connectivity index (χ0n) is 11.7. The van der Waals surface area contributed by atoms with Gasteiger partial charge in [-0.2, -0.15) is 5.10 Å². The lowest BCUT2D eigenvalue weighted by molar-refractivity contribution is -0.135. The Morgan fingerprint density at radius 3 is 2.67 bits per heavy atom. The van der Waals surface area contributed by atoms with Crippen molar-refractivity contribution in [3.05, 3.63) is 17.5 Å². The van der Waals surface area contributed by atoms with Crippen LogP contribution in [0.25, 0.3) is 0 Å². The average Bonchev–Trinajstić information content (AvgIpc) is 2.68. The van der Waals surface area contributed by atoms with E-state index in [-0.39, 0.29) is 18.4 Å². The van der Waals surface area contributed by atoms with Gasteiger partial charge < -0.3 is 10.0 Å².